The van der Waals surface area contributed by atoms with Gasteiger partial charge in [0.25, 0.3) is 5.91 Å². The molecular formula is C14H10Cl2N2O4S. The Balaban J connectivity index is 1.82. The van der Waals surface area contributed by atoms with Gasteiger partial charge in [0.1, 0.15) is 10.6 Å². The van der Waals surface area contributed by atoms with Crippen molar-refractivity contribution in [1.82, 2.24) is 5.43 Å². The molecule has 1 aromatic carbocycles. The smallest absolute Gasteiger partial charge is 0.345 e. The van der Waals surface area contributed by atoms with Gasteiger partial charge < -0.3 is 9.84 Å². The number of benzene rings is 1. The number of aromatic carboxylic acids is 1. The number of ether oxygens (including phenoxy) is 1. The molecule has 2 aromatic rings. The van der Waals surface area contributed by atoms with E-state index >= 15 is 0 Å². The van der Waals surface area contributed by atoms with Crippen LogP contribution in [0.25, 0.3) is 0 Å². The van der Waals surface area contributed by atoms with E-state index in [0.29, 0.717) is 20.7 Å². The van der Waals surface area contributed by atoms with Crippen molar-refractivity contribution in [2.45, 2.75) is 0 Å². The lowest BCUT2D eigenvalue weighted by molar-refractivity contribution is -0.123. The molecule has 0 fully saturated rings. The number of carbonyl (C=O) groups is 2. The van der Waals surface area contributed by atoms with Crippen molar-refractivity contribution in [3.05, 3.63) is 50.1 Å². The highest BCUT2D eigenvalue weighted by molar-refractivity contribution is 7.15. The third-order valence-corrected chi connectivity index (χ3v) is 4.01. The van der Waals surface area contributed by atoms with Gasteiger partial charge in [-0.3, -0.25) is 4.79 Å². The summed E-state index contributed by atoms with van der Waals surface area (Å²) in [4.78, 5) is 23.1. The minimum Gasteiger partial charge on any atom is -0.482 e. The molecule has 0 saturated carbocycles. The van der Waals surface area contributed by atoms with Gasteiger partial charge in [0.05, 0.1) is 11.2 Å². The zero-order valence-corrected chi connectivity index (χ0v) is 13.8. The third kappa shape index (κ3) is 5.24. The molecule has 0 aliphatic rings. The van der Waals surface area contributed by atoms with Crippen molar-refractivity contribution in [2.24, 2.45) is 5.10 Å². The van der Waals surface area contributed by atoms with Crippen molar-refractivity contribution in [1.29, 1.82) is 0 Å². The van der Waals surface area contributed by atoms with Crippen LogP contribution in [0.5, 0.6) is 5.75 Å². The molecule has 6 nitrogen and oxygen atoms in total. The number of carboxylic acid groups (broad SMARTS) is 1. The van der Waals surface area contributed by atoms with Crippen LogP contribution in [-0.2, 0) is 4.79 Å². The van der Waals surface area contributed by atoms with E-state index in [1.165, 1.54) is 18.3 Å². The lowest BCUT2D eigenvalue weighted by Crippen LogP contribution is -2.24. The largest absolute Gasteiger partial charge is 0.482 e. The molecule has 9 heteroatoms. The third-order valence-electron chi connectivity index (χ3n) is 2.47. The van der Waals surface area contributed by atoms with E-state index in [9.17, 15) is 9.59 Å². The molecule has 1 aromatic heterocycles. The molecule has 0 unspecified atom stereocenters. The lowest BCUT2D eigenvalue weighted by Gasteiger charge is -2.06. The van der Waals surface area contributed by atoms with E-state index in [4.69, 9.17) is 33.0 Å². The van der Waals surface area contributed by atoms with Crippen LogP contribution in [0, 0.1) is 0 Å². The number of carbonyl (C=O) groups excluding carboxylic acids is 1. The first kappa shape index (κ1) is 17.3. The van der Waals surface area contributed by atoms with E-state index in [1.54, 1.807) is 18.2 Å². The summed E-state index contributed by atoms with van der Waals surface area (Å²) in [6.07, 6.45) is 1.35. The maximum atomic E-state index is 11.6. The van der Waals surface area contributed by atoms with Crippen LogP contribution in [0.3, 0.4) is 0 Å². The van der Waals surface area contributed by atoms with Crippen LogP contribution >= 0.6 is 34.5 Å². The summed E-state index contributed by atoms with van der Waals surface area (Å²) in [6.45, 7) is -0.274. The van der Waals surface area contributed by atoms with E-state index in [1.807, 2.05) is 0 Å². The minimum absolute atomic E-state index is 0.193. The maximum Gasteiger partial charge on any atom is 0.345 e. The van der Waals surface area contributed by atoms with Crippen LogP contribution < -0.4 is 10.2 Å². The normalized spacial score (nSPS) is 10.7. The average Bonchev–Trinajstić information content (AvgIpc) is 2.95. The zero-order chi connectivity index (χ0) is 16.8. The van der Waals surface area contributed by atoms with Crippen LogP contribution in [0.1, 0.15) is 14.5 Å². The highest BCUT2D eigenvalue weighted by Crippen LogP contribution is 2.27. The molecule has 0 bridgehead atoms. The number of halogens is 2. The Bertz CT molecular complexity index is 761. The molecule has 23 heavy (non-hydrogen) atoms. The number of hydrogen-bond acceptors (Lipinski definition) is 5. The highest BCUT2D eigenvalue weighted by Gasteiger charge is 2.07. The van der Waals surface area contributed by atoms with Crippen molar-refractivity contribution in [2.75, 3.05) is 6.61 Å². The predicted octanol–water partition coefficient (Wildman–Crippen LogP) is 3.28. The summed E-state index contributed by atoms with van der Waals surface area (Å²) in [7, 11) is 0. The first-order chi connectivity index (χ1) is 11.0. The molecular weight excluding hydrogens is 363 g/mol. The molecule has 120 valence electrons. The number of hydrogen-bond donors (Lipinski definition) is 2. The second-order valence-corrected chi connectivity index (χ2v) is 6.12. The molecule has 2 rings (SSSR count). The Hall–Kier alpha value is -2.09. The van der Waals surface area contributed by atoms with E-state index < -0.39 is 11.9 Å². The van der Waals surface area contributed by atoms with Crippen molar-refractivity contribution >= 4 is 52.6 Å². The molecule has 0 saturated heterocycles. The summed E-state index contributed by atoms with van der Waals surface area (Å²) >= 11 is 12.7. The van der Waals surface area contributed by atoms with Crippen LogP contribution in [0.15, 0.2) is 35.4 Å². The molecule has 0 aliphatic carbocycles. The number of nitrogens with zero attached hydrogens (tertiary/aromatic N) is 1. The summed E-state index contributed by atoms with van der Waals surface area (Å²) < 4.78 is 5.24. The first-order valence-electron chi connectivity index (χ1n) is 6.18. The molecule has 0 aliphatic heterocycles. The van der Waals surface area contributed by atoms with Crippen LogP contribution in [-0.4, -0.2) is 29.8 Å². The van der Waals surface area contributed by atoms with Gasteiger partial charge in [0, 0.05) is 9.90 Å². The van der Waals surface area contributed by atoms with E-state index in [2.05, 4.69) is 10.5 Å². The molecule has 1 amide bonds. The fraction of sp³-hybridized carbons (Fsp3) is 0.0714. The molecule has 0 radical (unpaired) electrons. The van der Waals surface area contributed by atoms with Gasteiger partial charge in [-0.05, 0) is 30.3 Å². The quantitative estimate of drug-likeness (QED) is 0.601. The van der Waals surface area contributed by atoms with E-state index in [-0.39, 0.29) is 11.5 Å². The van der Waals surface area contributed by atoms with Crippen molar-refractivity contribution < 1.29 is 19.4 Å². The van der Waals surface area contributed by atoms with Crippen LogP contribution in [0.2, 0.25) is 10.0 Å². The van der Waals surface area contributed by atoms with Gasteiger partial charge in [-0.2, -0.15) is 5.10 Å². The van der Waals surface area contributed by atoms with Gasteiger partial charge in [-0.25, -0.2) is 10.2 Å². The standard InChI is InChI=1S/C14H10Cl2N2O4S/c15-8-1-3-11(10(16)5-8)22-7-13(19)18-17-6-9-2-4-12(23-9)14(20)21/h1-6H,7H2,(H,18,19)(H,20,21)/b17-6+. The minimum atomic E-state index is -1.01. The molecule has 0 atom stereocenters. The molecule has 0 spiro atoms. The van der Waals surface area contributed by atoms with Crippen LogP contribution in [0.4, 0.5) is 0 Å². The van der Waals surface area contributed by atoms with Gasteiger partial charge in [-0.1, -0.05) is 23.2 Å². The summed E-state index contributed by atoms with van der Waals surface area (Å²) in [6, 6.07) is 7.71. The zero-order valence-electron chi connectivity index (χ0n) is 11.5. The van der Waals surface area contributed by atoms with Gasteiger partial charge in [-0.15, -0.1) is 11.3 Å². The van der Waals surface area contributed by atoms with E-state index in [0.717, 1.165) is 11.3 Å². The Morgan fingerprint density at radius 2 is 2.09 bits per heavy atom. The number of hydrazone groups is 1. The number of nitrogens with one attached hydrogen (secondary N) is 1. The fourth-order valence-corrected chi connectivity index (χ4v) is 2.65. The van der Waals surface area contributed by atoms with Gasteiger partial charge >= 0.3 is 5.97 Å². The second-order valence-electron chi connectivity index (χ2n) is 4.16. The Morgan fingerprint density at radius 3 is 2.74 bits per heavy atom. The lowest BCUT2D eigenvalue weighted by atomic mass is 10.3. The topological polar surface area (TPSA) is 88.0 Å². The summed E-state index contributed by atoms with van der Waals surface area (Å²) in [5, 5.41) is 13.3. The maximum absolute atomic E-state index is 11.6. The number of carboxylic acids is 1. The van der Waals surface area contributed by atoms with Gasteiger partial charge in [0.2, 0.25) is 0 Å². The summed E-state index contributed by atoms with van der Waals surface area (Å²) in [5.74, 6) is -1.16. The highest BCUT2D eigenvalue weighted by atomic mass is 35.5. The summed E-state index contributed by atoms with van der Waals surface area (Å²) in [5.41, 5.74) is 2.27. The Morgan fingerprint density at radius 1 is 1.30 bits per heavy atom. The SMILES string of the molecule is O=C(COc1ccc(Cl)cc1Cl)N/N=C/c1ccc(C(=O)O)s1. The monoisotopic (exact) mass is 372 g/mol. The van der Waals surface area contributed by atoms with Crippen molar-refractivity contribution in [3.63, 3.8) is 0 Å². The fourth-order valence-electron chi connectivity index (χ4n) is 1.47. The Kier molecular flexibility index (Phi) is 5.97. The second kappa shape index (κ2) is 7.96. The van der Waals surface area contributed by atoms with Crippen molar-refractivity contribution in [3.8, 4) is 5.75 Å². The predicted molar refractivity (Wildman–Crippen MR) is 89.0 cm³/mol. The average molecular weight is 373 g/mol. The number of rotatable bonds is 6. The van der Waals surface area contributed by atoms with Gasteiger partial charge in [0.15, 0.2) is 6.61 Å². The number of thiophene rings is 1. The molecule has 2 N–H and O–H groups in total. The Labute approximate surface area is 145 Å². The first-order valence-corrected chi connectivity index (χ1v) is 7.76. The number of amides is 1. The molecule has 1 heterocycles.